The molecule has 0 aliphatic carbocycles. The van der Waals surface area contributed by atoms with E-state index in [4.69, 9.17) is 31.7 Å². The summed E-state index contributed by atoms with van der Waals surface area (Å²) in [6.45, 7) is 6.63. The van der Waals surface area contributed by atoms with Gasteiger partial charge in [-0.3, -0.25) is 0 Å². The minimum absolute atomic E-state index is 0.0110. The number of hydrogen-bond acceptors (Lipinski definition) is 11. The second-order valence-corrected chi connectivity index (χ2v) is 14.2. The highest BCUT2D eigenvalue weighted by Crippen LogP contribution is 2.46. The molecule has 3 aliphatic heterocycles. The van der Waals surface area contributed by atoms with Crippen LogP contribution in [0, 0.1) is 23.7 Å². The topological polar surface area (TPSA) is 133 Å². The minimum atomic E-state index is -3.10. The Morgan fingerprint density at radius 3 is 2.61 bits per heavy atom. The summed E-state index contributed by atoms with van der Waals surface area (Å²) >= 11 is 8.05. The quantitative estimate of drug-likeness (QED) is 0.471. The van der Waals surface area contributed by atoms with Crippen LogP contribution in [0.15, 0.2) is 22.2 Å². The number of piperidine rings is 1. The van der Waals surface area contributed by atoms with Gasteiger partial charge in [0.05, 0.1) is 35.3 Å². The van der Waals surface area contributed by atoms with Crippen molar-refractivity contribution in [2.75, 3.05) is 48.8 Å². The maximum atomic E-state index is 11.8. The summed E-state index contributed by atoms with van der Waals surface area (Å²) in [5.74, 6) is 1.37. The van der Waals surface area contributed by atoms with E-state index in [2.05, 4.69) is 9.88 Å². The molecule has 2 aromatic heterocycles. The first kappa shape index (κ1) is 27.6. The molecule has 2 aromatic rings. The number of hydrogen-bond donors (Lipinski definition) is 2. The Bertz CT molecular complexity index is 1330. The van der Waals surface area contributed by atoms with E-state index in [1.807, 2.05) is 18.7 Å². The van der Waals surface area contributed by atoms with Crippen LogP contribution in [-0.4, -0.2) is 85.1 Å². The van der Waals surface area contributed by atoms with Gasteiger partial charge in [0.25, 0.3) is 0 Å². The molecule has 0 radical (unpaired) electrons. The first-order valence-electron chi connectivity index (χ1n) is 12.7. The third-order valence-electron chi connectivity index (χ3n) is 8.11. The Kier molecular flexibility index (Phi) is 7.64. The van der Waals surface area contributed by atoms with Crippen molar-refractivity contribution in [2.45, 2.75) is 54.6 Å². The van der Waals surface area contributed by atoms with Crippen LogP contribution in [0.5, 0.6) is 0 Å². The second-order valence-electron chi connectivity index (χ2n) is 10.5. The molecule has 5 heterocycles. The lowest BCUT2D eigenvalue weighted by Crippen LogP contribution is -2.55. The van der Waals surface area contributed by atoms with Gasteiger partial charge in [0.15, 0.2) is 15.7 Å². The average molecular weight is 581 g/mol. The Morgan fingerprint density at radius 1 is 1.26 bits per heavy atom. The van der Waals surface area contributed by atoms with Gasteiger partial charge in [-0.1, -0.05) is 23.4 Å². The summed E-state index contributed by atoms with van der Waals surface area (Å²) in [6, 6.07) is 1.80. The molecule has 0 amide bonds. The maximum absolute atomic E-state index is 11.8. The fourth-order valence-electron chi connectivity index (χ4n) is 5.63. The third-order valence-corrected chi connectivity index (χ3v) is 11.2. The van der Waals surface area contributed by atoms with Gasteiger partial charge in [-0.25, -0.2) is 23.4 Å². The third kappa shape index (κ3) is 5.01. The van der Waals surface area contributed by atoms with E-state index in [0.29, 0.717) is 47.1 Å². The Labute approximate surface area is 232 Å². The summed E-state index contributed by atoms with van der Waals surface area (Å²) in [7, 11) is -3.10. The van der Waals surface area contributed by atoms with Crippen molar-refractivity contribution in [1.82, 2.24) is 15.0 Å². The summed E-state index contributed by atoms with van der Waals surface area (Å²) in [4.78, 5) is 18.8. The molecule has 10 nitrogen and oxygen atoms in total. The van der Waals surface area contributed by atoms with Crippen molar-refractivity contribution < 1.29 is 18.3 Å². The van der Waals surface area contributed by atoms with Crippen molar-refractivity contribution in [3.8, 4) is 0 Å². The monoisotopic (exact) mass is 580 g/mol. The molecule has 13 heteroatoms. The molecule has 38 heavy (non-hydrogen) atoms. The zero-order valence-electron chi connectivity index (χ0n) is 21.7. The van der Waals surface area contributed by atoms with E-state index in [1.165, 1.54) is 18.0 Å². The molecular formula is C25H33ClN6O4S2. The van der Waals surface area contributed by atoms with Gasteiger partial charge < -0.3 is 25.1 Å². The number of anilines is 2. The highest BCUT2D eigenvalue weighted by Gasteiger charge is 2.48. The van der Waals surface area contributed by atoms with Crippen LogP contribution in [0.2, 0.25) is 5.02 Å². The number of sulfone groups is 1. The Hall–Kier alpha value is -1.99. The molecule has 206 valence electrons. The van der Waals surface area contributed by atoms with Crippen molar-refractivity contribution in [3.63, 3.8) is 0 Å². The van der Waals surface area contributed by atoms with Gasteiger partial charge in [-0.15, -0.1) is 0 Å². The first-order chi connectivity index (χ1) is 18.1. The summed E-state index contributed by atoms with van der Waals surface area (Å²) < 4.78 is 29.5. The lowest BCUT2D eigenvalue weighted by molar-refractivity contribution is 0.0973. The SMILES string of the molecule is Cc1nc(N2CCC3(CC2)CO[C@@H](C)[C@H]3C=N)c(CO)nc1Sc1ccnc(N2CC(S(C)(=O)=O)C2)c1Cl. The van der Waals surface area contributed by atoms with Crippen LogP contribution < -0.4 is 9.80 Å². The molecular weight excluding hydrogens is 548 g/mol. The van der Waals surface area contributed by atoms with Crippen molar-refractivity contribution in [3.05, 3.63) is 28.7 Å². The molecule has 0 unspecified atom stereocenters. The predicted octanol–water partition coefficient (Wildman–Crippen LogP) is 2.98. The number of aromatic nitrogens is 3. The fourth-order valence-corrected chi connectivity index (χ4v) is 7.75. The highest BCUT2D eigenvalue weighted by atomic mass is 35.5. The highest BCUT2D eigenvalue weighted by molar-refractivity contribution is 7.99. The van der Waals surface area contributed by atoms with Crippen LogP contribution in [0.3, 0.4) is 0 Å². The molecule has 0 saturated carbocycles. The standard InChI is InChI=1S/C25H33ClN6O4S2/c1-15-24(37-20-4-7-28-23(21(20)26)32-11-17(12-32)38(3,34)35)30-19(13-33)22(29-15)31-8-5-25(6-9-31)14-36-16(2)18(25)10-27/h4,7,10,16-18,27,33H,5-6,8-9,11-14H2,1-3H3/t16-,18+/m0/s1. The van der Waals surface area contributed by atoms with Gasteiger partial charge in [0, 0.05) is 61.1 Å². The number of aliphatic hydroxyl groups is 1. The number of rotatable bonds is 7. The molecule has 0 aromatic carbocycles. The van der Waals surface area contributed by atoms with Crippen molar-refractivity contribution in [1.29, 1.82) is 5.41 Å². The predicted molar refractivity (Wildman–Crippen MR) is 148 cm³/mol. The maximum Gasteiger partial charge on any atom is 0.153 e. The number of nitrogens with zero attached hydrogens (tertiary/aromatic N) is 5. The van der Waals surface area contributed by atoms with Gasteiger partial charge >= 0.3 is 0 Å². The van der Waals surface area contributed by atoms with Crippen LogP contribution >= 0.6 is 23.4 Å². The molecule has 2 N–H and O–H groups in total. The molecule has 3 aliphatic rings. The van der Waals surface area contributed by atoms with Crippen LogP contribution in [-0.2, 0) is 21.2 Å². The normalized spacial score (nSPS) is 23.6. The van der Waals surface area contributed by atoms with Crippen LogP contribution in [0.1, 0.15) is 31.2 Å². The van der Waals surface area contributed by atoms with E-state index in [9.17, 15) is 13.5 Å². The number of aliphatic hydroxyl groups excluding tert-OH is 1. The van der Waals surface area contributed by atoms with E-state index in [-0.39, 0.29) is 24.0 Å². The van der Waals surface area contributed by atoms with E-state index < -0.39 is 15.1 Å². The second kappa shape index (κ2) is 10.5. The lowest BCUT2D eigenvalue weighted by atomic mass is 9.69. The Morgan fingerprint density at radius 2 is 1.97 bits per heavy atom. The zero-order valence-corrected chi connectivity index (χ0v) is 24.1. The summed E-state index contributed by atoms with van der Waals surface area (Å²) in [5, 5.41) is 18.7. The molecule has 1 spiro atoms. The van der Waals surface area contributed by atoms with E-state index >= 15 is 0 Å². The fraction of sp³-hybridized carbons (Fsp3) is 0.600. The number of ether oxygens (including phenoxy) is 1. The van der Waals surface area contributed by atoms with Crippen LogP contribution in [0.25, 0.3) is 0 Å². The van der Waals surface area contributed by atoms with Gasteiger partial charge in [0.1, 0.15) is 16.5 Å². The van der Waals surface area contributed by atoms with Gasteiger partial charge in [-0.05, 0) is 32.8 Å². The van der Waals surface area contributed by atoms with Gasteiger partial charge in [0.2, 0.25) is 0 Å². The van der Waals surface area contributed by atoms with Crippen molar-refractivity contribution >= 4 is 51.1 Å². The number of halogens is 1. The summed E-state index contributed by atoms with van der Waals surface area (Å²) in [6.07, 6.45) is 6.30. The largest absolute Gasteiger partial charge is 0.390 e. The van der Waals surface area contributed by atoms with Gasteiger partial charge in [-0.2, -0.15) is 0 Å². The van der Waals surface area contributed by atoms with Crippen LogP contribution in [0.4, 0.5) is 11.6 Å². The smallest absolute Gasteiger partial charge is 0.153 e. The molecule has 3 fully saturated rings. The zero-order chi connectivity index (χ0) is 27.2. The van der Waals surface area contributed by atoms with E-state index in [0.717, 1.165) is 36.5 Å². The first-order valence-corrected chi connectivity index (χ1v) is 15.8. The number of aryl methyl sites for hydroxylation is 1. The number of nitrogens with one attached hydrogen (secondary N) is 1. The summed E-state index contributed by atoms with van der Waals surface area (Å²) in [5.41, 5.74) is 1.23. The molecule has 3 saturated heterocycles. The lowest BCUT2D eigenvalue weighted by Gasteiger charge is -2.42. The average Bonchev–Trinajstić information content (AvgIpc) is 3.15. The molecule has 5 rings (SSSR count). The Balaban J connectivity index is 1.33. The van der Waals surface area contributed by atoms with Crippen molar-refractivity contribution in [2.24, 2.45) is 11.3 Å². The number of pyridine rings is 1. The molecule has 2 atom stereocenters. The molecule has 0 bridgehead atoms. The minimum Gasteiger partial charge on any atom is -0.390 e. The van der Waals surface area contributed by atoms with E-state index in [1.54, 1.807) is 18.5 Å².